The summed E-state index contributed by atoms with van der Waals surface area (Å²) < 4.78 is 5.09. The van der Waals surface area contributed by atoms with Gasteiger partial charge in [0.25, 0.3) is 0 Å². The molecule has 1 fully saturated rings. The van der Waals surface area contributed by atoms with Crippen molar-refractivity contribution in [2.24, 2.45) is 0 Å². The van der Waals surface area contributed by atoms with E-state index in [2.05, 4.69) is 5.16 Å². The highest BCUT2D eigenvalue weighted by Crippen LogP contribution is 2.39. The lowest BCUT2D eigenvalue weighted by molar-refractivity contribution is 0.112. The zero-order chi connectivity index (χ0) is 9.10. The second-order valence-electron chi connectivity index (χ2n) is 3.12. The summed E-state index contributed by atoms with van der Waals surface area (Å²) in [6.07, 6.45) is 5.90. The van der Waals surface area contributed by atoms with Crippen LogP contribution in [0.3, 0.4) is 0 Å². The summed E-state index contributed by atoms with van der Waals surface area (Å²) in [6, 6.07) is 0. The predicted molar refractivity (Wildman–Crippen MR) is 50.9 cm³/mol. The lowest BCUT2D eigenvalue weighted by Crippen LogP contribution is -2.02. The molecule has 0 radical (unpaired) electrons. The molecule has 0 spiro atoms. The van der Waals surface area contributed by atoms with Crippen LogP contribution in [0, 0.1) is 0 Å². The van der Waals surface area contributed by atoms with Crippen LogP contribution in [0.4, 0.5) is 0 Å². The van der Waals surface area contributed by atoms with Crippen LogP contribution < -0.4 is 0 Å². The second-order valence-corrected chi connectivity index (χ2v) is 4.43. The Kier molecular flexibility index (Phi) is 2.68. The lowest BCUT2D eigenvalue weighted by Gasteiger charge is -2.18. The van der Waals surface area contributed by atoms with Crippen LogP contribution in [0.25, 0.3) is 0 Å². The maximum absolute atomic E-state index is 10.6. The Balaban J connectivity index is 2.17. The lowest BCUT2D eigenvalue weighted by atomic mass is 10.1. The van der Waals surface area contributed by atoms with E-state index in [1.54, 1.807) is 0 Å². The average molecular weight is 197 g/mol. The van der Waals surface area contributed by atoms with Crippen molar-refractivity contribution < 1.29 is 9.32 Å². The molecule has 0 bridgehead atoms. The molecule has 1 saturated heterocycles. The molecule has 0 amide bonds. The maximum atomic E-state index is 10.6. The van der Waals surface area contributed by atoms with E-state index in [1.165, 1.54) is 19.0 Å². The topological polar surface area (TPSA) is 43.1 Å². The molecule has 0 aliphatic carbocycles. The van der Waals surface area contributed by atoms with Crippen molar-refractivity contribution in [3.05, 3.63) is 17.5 Å². The fourth-order valence-corrected chi connectivity index (χ4v) is 2.86. The number of aldehydes is 1. The third-order valence-electron chi connectivity index (χ3n) is 2.23. The fourth-order valence-electron chi connectivity index (χ4n) is 1.54. The van der Waals surface area contributed by atoms with Crippen molar-refractivity contribution in [2.45, 2.75) is 24.5 Å². The molecule has 1 aromatic rings. The van der Waals surface area contributed by atoms with Crippen molar-refractivity contribution in [1.29, 1.82) is 0 Å². The molecular formula is C9H11NO2S. The van der Waals surface area contributed by atoms with Gasteiger partial charge >= 0.3 is 0 Å². The summed E-state index contributed by atoms with van der Waals surface area (Å²) in [5.74, 6) is 1.92. The Morgan fingerprint density at radius 3 is 3.23 bits per heavy atom. The summed E-state index contributed by atoms with van der Waals surface area (Å²) in [6.45, 7) is 0. The first kappa shape index (κ1) is 8.81. The van der Waals surface area contributed by atoms with E-state index in [9.17, 15) is 4.79 Å². The molecule has 3 nitrogen and oxygen atoms in total. The SMILES string of the molecule is O=Cc1cnoc1C1CCCCS1. The van der Waals surface area contributed by atoms with E-state index in [4.69, 9.17) is 4.52 Å². The van der Waals surface area contributed by atoms with Crippen LogP contribution in [0.1, 0.15) is 40.6 Å². The molecule has 13 heavy (non-hydrogen) atoms. The van der Waals surface area contributed by atoms with Gasteiger partial charge < -0.3 is 4.52 Å². The first-order chi connectivity index (χ1) is 6.42. The number of carbonyl (C=O) groups is 1. The normalized spacial score (nSPS) is 22.9. The molecule has 70 valence electrons. The Morgan fingerprint density at radius 1 is 1.62 bits per heavy atom. The molecule has 0 aromatic carbocycles. The van der Waals surface area contributed by atoms with Gasteiger partial charge in [0, 0.05) is 0 Å². The molecule has 1 aliphatic heterocycles. The zero-order valence-electron chi connectivity index (χ0n) is 7.23. The van der Waals surface area contributed by atoms with Gasteiger partial charge in [-0.05, 0) is 18.6 Å². The summed E-state index contributed by atoms with van der Waals surface area (Å²) >= 11 is 1.86. The summed E-state index contributed by atoms with van der Waals surface area (Å²) in [7, 11) is 0. The summed E-state index contributed by atoms with van der Waals surface area (Å²) in [5.41, 5.74) is 0.611. The van der Waals surface area contributed by atoms with Gasteiger partial charge in [-0.3, -0.25) is 4.79 Å². The first-order valence-electron chi connectivity index (χ1n) is 4.43. The van der Waals surface area contributed by atoms with E-state index < -0.39 is 0 Å². The monoisotopic (exact) mass is 197 g/mol. The number of hydrogen-bond acceptors (Lipinski definition) is 4. The van der Waals surface area contributed by atoms with Gasteiger partial charge in [-0.25, -0.2) is 0 Å². The number of aromatic nitrogens is 1. The van der Waals surface area contributed by atoms with Gasteiger partial charge in [0.05, 0.1) is 17.0 Å². The van der Waals surface area contributed by atoms with E-state index in [0.717, 1.165) is 24.2 Å². The highest BCUT2D eigenvalue weighted by molar-refractivity contribution is 7.99. The van der Waals surface area contributed by atoms with Crippen LogP contribution >= 0.6 is 11.8 Å². The maximum Gasteiger partial charge on any atom is 0.160 e. The number of carbonyl (C=O) groups excluding carboxylic acids is 1. The minimum Gasteiger partial charge on any atom is -0.359 e. The van der Waals surface area contributed by atoms with Gasteiger partial charge in [0.15, 0.2) is 12.0 Å². The van der Waals surface area contributed by atoms with Gasteiger partial charge in [-0.15, -0.1) is 0 Å². The quantitative estimate of drug-likeness (QED) is 0.683. The van der Waals surface area contributed by atoms with Crippen molar-refractivity contribution in [3.8, 4) is 0 Å². The smallest absolute Gasteiger partial charge is 0.160 e. The van der Waals surface area contributed by atoms with Gasteiger partial charge in [-0.1, -0.05) is 11.6 Å². The predicted octanol–water partition coefficient (Wildman–Crippen LogP) is 2.45. The summed E-state index contributed by atoms with van der Waals surface area (Å²) in [5, 5.41) is 3.99. The van der Waals surface area contributed by atoms with Crippen molar-refractivity contribution in [1.82, 2.24) is 5.16 Å². The van der Waals surface area contributed by atoms with Crippen molar-refractivity contribution >= 4 is 18.0 Å². The number of thioether (sulfide) groups is 1. The third-order valence-corrected chi connectivity index (χ3v) is 3.60. The number of rotatable bonds is 2. The second kappa shape index (κ2) is 3.96. The third kappa shape index (κ3) is 1.77. The Labute approximate surface area is 80.9 Å². The van der Waals surface area contributed by atoms with Crippen molar-refractivity contribution in [2.75, 3.05) is 5.75 Å². The van der Waals surface area contributed by atoms with Crippen molar-refractivity contribution in [3.63, 3.8) is 0 Å². The summed E-state index contributed by atoms with van der Waals surface area (Å²) in [4.78, 5) is 10.6. The van der Waals surface area contributed by atoms with Crippen LogP contribution in [-0.4, -0.2) is 17.2 Å². The number of nitrogens with zero attached hydrogens (tertiary/aromatic N) is 1. The minimum absolute atomic E-state index is 0.344. The molecule has 4 heteroatoms. The molecule has 2 rings (SSSR count). The molecule has 1 unspecified atom stereocenters. The minimum atomic E-state index is 0.344. The van der Waals surface area contributed by atoms with E-state index in [0.29, 0.717) is 10.8 Å². The van der Waals surface area contributed by atoms with Crippen LogP contribution in [0.15, 0.2) is 10.7 Å². The largest absolute Gasteiger partial charge is 0.359 e. The molecule has 2 heterocycles. The highest BCUT2D eigenvalue weighted by atomic mass is 32.2. The van der Waals surface area contributed by atoms with Gasteiger partial charge in [0.2, 0.25) is 0 Å². The van der Waals surface area contributed by atoms with Gasteiger partial charge in [0.1, 0.15) is 0 Å². The van der Waals surface area contributed by atoms with E-state index in [-0.39, 0.29) is 0 Å². The van der Waals surface area contributed by atoms with Gasteiger partial charge in [-0.2, -0.15) is 11.8 Å². The highest BCUT2D eigenvalue weighted by Gasteiger charge is 2.22. The van der Waals surface area contributed by atoms with E-state index in [1.807, 2.05) is 11.8 Å². The van der Waals surface area contributed by atoms with Crippen LogP contribution in [0.5, 0.6) is 0 Å². The molecular weight excluding hydrogens is 186 g/mol. The average Bonchev–Trinajstić information content (AvgIpc) is 2.67. The molecule has 1 aliphatic rings. The molecule has 0 N–H and O–H groups in total. The Bertz CT molecular complexity index is 292. The Morgan fingerprint density at radius 2 is 2.54 bits per heavy atom. The molecule has 0 saturated carbocycles. The number of hydrogen-bond donors (Lipinski definition) is 0. The molecule has 1 aromatic heterocycles. The molecule has 1 atom stereocenters. The Hall–Kier alpha value is -0.770. The standard InChI is InChI=1S/C9H11NO2S/c11-6-7-5-10-12-9(7)8-3-1-2-4-13-8/h5-6,8H,1-4H2. The first-order valence-corrected chi connectivity index (χ1v) is 5.48. The van der Waals surface area contributed by atoms with E-state index >= 15 is 0 Å². The fraction of sp³-hybridized carbons (Fsp3) is 0.556. The zero-order valence-corrected chi connectivity index (χ0v) is 8.05. The van der Waals surface area contributed by atoms with Crippen LogP contribution in [-0.2, 0) is 0 Å². The van der Waals surface area contributed by atoms with Crippen LogP contribution in [0.2, 0.25) is 0 Å².